The lowest BCUT2D eigenvalue weighted by Crippen LogP contribution is -2.51. The number of hydrogen-bond donors (Lipinski definition) is 3. The number of hydrogen-bond acceptors (Lipinski definition) is 7. The summed E-state index contributed by atoms with van der Waals surface area (Å²) in [6, 6.07) is 9.26. The summed E-state index contributed by atoms with van der Waals surface area (Å²) in [6.45, 7) is 7.40. The fourth-order valence-corrected chi connectivity index (χ4v) is 5.14. The maximum absolute atomic E-state index is 14.0. The van der Waals surface area contributed by atoms with Gasteiger partial charge in [0.25, 0.3) is 0 Å². The number of piperidine rings is 1. The van der Waals surface area contributed by atoms with Crippen LogP contribution in [0, 0.1) is 5.41 Å². The molecule has 1 unspecified atom stereocenters. The Kier molecular flexibility index (Phi) is 8.57. The molecule has 0 bridgehead atoms. The number of amides is 1. The van der Waals surface area contributed by atoms with Crippen molar-refractivity contribution in [3.63, 3.8) is 0 Å². The van der Waals surface area contributed by atoms with Gasteiger partial charge in [0.05, 0.1) is 23.3 Å². The summed E-state index contributed by atoms with van der Waals surface area (Å²) in [7, 11) is 1.88. The number of aromatic nitrogens is 3. The van der Waals surface area contributed by atoms with Crippen molar-refractivity contribution in [2.45, 2.75) is 58.1 Å². The number of esters is 1. The van der Waals surface area contributed by atoms with Crippen LogP contribution in [-0.4, -0.2) is 59.1 Å². The molecule has 3 heterocycles. The molecule has 0 saturated carbocycles. The number of nitrogens with one attached hydrogen (secondary N) is 3. The predicted octanol–water partition coefficient (Wildman–Crippen LogP) is 4.40. The zero-order valence-corrected chi connectivity index (χ0v) is 23.3. The highest BCUT2D eigenvalue weighted by Crippen LogP contribution is 2.39. The van der Waals surface area contributed by atoms with E-state index in [1.54, 1.807) is 6.33 Å². The number of halogens is 1. The topological polar surface area (TPSA) is 112 Å². The number of carbonyl (C=O) groups excluding carboxylic acids is 2. The van der Waals surface area contributed by atoms with E-state index in [9.17, 15) is 9.59 Å². The van der Waals surface area contributed by atoms with Gasteiger partial charge in [0, 0.05) is 24.3 Å². The Morgan fingerprint density at radius 1 is 1.16 bits per heavy atom. The van der Waals surface area contributed by atoms with E-state index >= 15 is 0 Å². The second kappa shape index (κ2) is 11.7. The van der Waals surface area contributed by atoms with E-state index in [1.165, 1.54) is 0 Å². The van der Waals surface area contributed by atoms with E-state index in [1.807, 2.05) is 64.3 Å². The molecule has 1 fully saturated rings. The average molecular weight is 541 g/mol. The van der Waals surface area contributed by atoms with Crippen LogP contribution in [0.2, 0.25) is 5.02 Å². The van der Waals surface area contributed by atoms with Crippen LogP contribution >= 0.6 is 11.6 Å². The van der Waals surface area contributed by atoms with Gasteiger partial charge in [0.2, 0.25) is 5.91 Å². The van der Waals surface area contributed by atoms with Crippen LogP contribution in [0.25, 0.3) is 11.0 Å². The molecule has 4 rings (SSSR count). The maximum Gasteiger partial charge on any atom is 0.307 e. The molecule has 204 valence electrons. The van der Waals surface area contributed by atoms with Gasteiger partial charge < -0.3 is 25.3 Å². The van der Waals surface area contributed by atoms with Crippen molar-refractivity contribution in [2.24, 2.45) is 5.41 Å². The summed E-state index contributed by atoms with van der Waals surface area (Å²) in [5, 5.41) is 8.01. The zero-order chi connectivity index (χ0) is 27.3. The fourth-order valence-electron chi connectivity index (χ4n) is 5.01. The van der Waals surface area contributed by atoms with Crippen molar-refractivity contribution in [3.8, 4) is 0 Å². The van der Waals surface area contributed by atoms with Gasteiger partial charge in [-0.2, -0.15) is 0 Å². The summed E-state index contributed by atoms with van der Waals surface area (Å²) >= 11 is 6.11. The van der Waals surface area contributed by atoms with Gasteiger partial charge >= 0.3 is 5.97 Å². The van der Waals surface area contributed by atoms with E-state index in [4.69, 9.17) is 16.3 Å². The fraction of sp³-hybridized carbons (Fsp3) is 0.500. The van der Waals surface area contributed by atoms with Crippen molar-refractivity contribution >= 4 is 40.3 Å². The standard InChI is InChI=1S/C28H37ClN6O3/c1-27(2,3)38-23(36)17-28(26(37)34-22(10-13-30-4)19-5-7-20(29)8-6-19)11-15-35(16-12-28)25-21-9-14-31-24(21)32-18-33-25/h5-9,14,18,22,30H,10-13,15-17H2,1-4H3,(H,34,37)(H,31,32,33). The lowest BCUT2D eigenvalue weighted by atomic mass is 9.74. The molecule has 0 radical (unpaired) electrons. The minimum absolute atomic E-state index is 0.0205. The monoisotopic (exact) mass is 540 g/mol. The SMILES string of the molecule is CNCCC(NC(=O)C1(CC(=O)OC(C)(C)C)CCN(c2ncnc3[nH]ccc23)CC1)c1ccc(Cl)cc1. The number of aromatic amines is 1. The number of anilines is 1. The number of ether oxygens (including phenoxy) is 1. The van der Waals surface area contributed by atoms with Crippen molar-refractivity contribution in [1.82, 2.24) is 25.6 Å². The molecular formula is C28H37ClN6O3. The molecule has 9 nitrogen and oxygen atoms in total. The summed E-state index contributed by atoms with van der Waals surface area (Å²) in [6.07, 6.45) is 5.09. The number of benzene rings is 1. The summed E-state index contributed by atoms with van der Waals surface area (Å²) in [4.78, 5) is 41.2. The first kappa shape index (κ1) is 27.9. The first-order valence-corrected chi connectivity index (χ1v) is 13.4. The van der Waals surface area contributed by atoms with Crippen LogP contribution in [0.3, 0.4) is 0 Å². The van der Waals surface area contributed by atoms with E-state index in [0.29, 0.717) is 37.4 Å². The van der Waals surface area contributed by atoms with Gasteiger partial charge in [-0.15, -0.1) is 0 Å². The molecule has 1 amide bonds. The van der Waals surface area contributed by atoms with Crippen LogP contribution in [0.15, 0.2) is 42.9 Å². The van der Waals surface area contributed by atoms with Crippen LogP contribution in [0.4, 0.5) is 5.82 Å². The number of rotatable bonds is 9. The van der Waals surface area contributed by atoms with Crippen molar-refractivity contribution in [2.75, 3.05) is 31.6 Å². The molecule has 10 heteroatoms. The second-order valence-electron chi connectivity index (χ2n) is 10.9. The lowest BCUT2D eigenvalue weighted by molar-refractivity contribution is -0.161. The smallest absolute Gasteiger partial charge is 0.307 e. The molecule has 1 saturated heterocycles. The molecular weight excluding hydrogens is 504 g/mol. The molecule has 1 aromatic carbocycles. The quantitative estimate of drug-likeness (QED) is 0.345. The molecule has 2 aromatic heterocycles. The number of fused-ring (bicyclic) bond motifs is 1. The van der Waals surface area contributed by atoms with E-state index in [-0.39, 0.29) is 24.3 Å². The molecule has 38 heavy (non-hydrogen) atoms. The Morgan fingerprint density at radius 2 is 1.87 bits per heavy atom. The summed E-state index contributed by atoms with van der Waals surface area (Å²) in [5.74, 6) is 0.332. The summed E-state index contributed by atoms with van der Waals surface area (Å²) in [5.41, 5.74) is 0.218. The molecule has 3 aromatic rings. The Bertz CT molecular complexity index is 1250. The van der Waals surface area contributed by atoms with Crippen molar-refractivity contribution in [1.29, 1.82) is 0 Å². The maximum atomic E-state index is 14.0. The Hall–Kier alpha value is -3.17. The van der Waals surface area contributed by atoms with Gasteiger partial charge in [-0.1, -0.05) is 23.7 Å². The van der Waals surface area contributed by atoms with Crippen molar-refractivity contribution < 1.29 is 14.3 Å². The van der Waals surface area contributed by atoms with E-state index in [2.05, 4.69) is 30.5 Å². The molecule has 1 aliphatic heterocycles. The van der Waals surface area contributed by atoms with Crippen LogP contribution in [0.5, 0.6) is 0 Å². The third kappa shape index (κ3) is 6.63. The summed E-state index contributed by atoms with van der Waals surface area (Å²) < 4.78 is 5.66. The van der Waals surface area contributed by atoms with Gasteiger partial charge in [-0.3, -0.25) is 9.59 Å². The van der Waals surface area contributed by atoms with Gasteiger partial charge in [-0.25, -0.2) is 9.97 Å². The van der Waals surface area contributed by atoms with Crippen LogP contribution in [0.1, 0.15) is 58.1 Å². The molecule has 1 aliphatic rings. The first-order valence-electron chi connectivity index (χ1n) is 13.1. The van der Waals surface area contributed by atoms with Crippen LogP contribution in [-0.2, 0) is 14.3 Å². The van der Waals surface area contributed by atoms with E-state index in [0.717, 1.165) is 29.0 Å². The highest BCUT2D eigenvalue weighted by molar-refractivity contribution is 6.30. The number of H-pyrrole nitrogens is 1. The van der Waals surface area contributed by atoms with Gasteiger partial charge in [0.15, 0.2) is 0 Å². The highest BCUT2D eigenvalue weighted by Gasteiger charge is 2.45. The largest absolute Gasteiger partial charge is 0.460 e. The Balaban J connectivity index is 1.57. The average Bonchev–Trinajstić information content (AvgIpc) is 3.35. The number of carbonyl (C=O) groups is 2. The van der Waals surface area contributed by atoms with Gasteiger partial charge in [-0.05, 0) is 77.4 Å². The molecule has 3 N–H and O–H groups in total. The van der Waals surface area contributed by atoms with Crippen LogP contribution < -0.4 is 15.5 Å². The highest BCUT2D eigenvalue weighted by atomic mass is 35.5. The minimum Gasteiger partial charge on any atom is -0.460 e. The minimum atomic E-state index is -0.895. The third-order valence-corrected chi connectivity index (χ3v) is 7.25. The second-order valence-corrected chi connectivity index (χ2v) is 11.4. The number of nitrogens with zero attached hydrogens (tertiary/aromatic N) is 3. The first-order chi connectivity index (χ1) is 18.1. The third-order valence-electron chi connectivity index (χ3n) is 7.00. The zero-order valence-electron chi connectivity index (χ0n) is 22.5. The lowest BCUT2D eigenvalue weighted by Gasteiger charge is -2.41. The Labute approximate surface area is 228 Å². The normalized spacial score (nSPS) is 16.3. The Morgan fingerprint density at radius 3 is 2.53 bits per heavy atom. The molecule has 0 spiro atoms. The predicted molar refractivity (Wildman–Crippen MR) is 149 cm³/mol. The van der Waals surface area contributed by atoms with Crippen molar-refractivity contribution in [3.05, 3.63) is 53.4 Å². The molecule has 0 aliphatic carbocycles. The van der Waals surface area contributed by atoms with E-state index < -0.39 is 11.0 Å². The van der Waals surface area contributed by atoms with Gasteiger partial charge in [0.1, 0.15) is 23.4 Å². The molecule has 1 atom stereocenters.